The number of nitrogens with zero attached hydrogens (tertiary/aromatic N) is 1. The third-order valence-electron chi connectivity index (χ3n) is 1.44. The summed E-state index contributed by atoms with van der Waals surface area (Å²) >= 11 is 0. The van der Waals surface area contributed by atoms with Gasteiger partial charge >= 0.3 is 0 Å². The Labute approximate surface area is 72.8 Å². The Balaban J connectivity index is 0.00000144. The highest BCUT2D eigenvalue weighted by Gasteiger charge is 2.45. The van der Waals surface area contributed by atoms with Gasteiger partial charge < -0.3 is 5.48 Å². The van der Waals surface area contributed by atoms with Crippen LogP contribution in [0.15, 0.2) is 0 Å². The Morgan fingerprint density at radius 2 is 1.85 bits per heavy atom. The molecule has 0 aromatic carbocycles. The predicted octanol–water partition coefficient (Wildman–Crippen LogP) is -2.43. The number of carbonyl (C=O) groups is 2. The van der Waals surface area contributed by atoms with E-state index in [4.69, 9.17) is 9.76 Å². The first-order valence-corrected chi connectivity index (χ1v) is 4.36. The van der Waals surface area contributed by atoms with Crippen LogP contribution in [0.1, 0.15) is 6.42 Å². The van der Waals surface area contributed by atoms with E-state index in [9.17, 15) is 18.0 Å². The molecule has 8 nitrogen and oxygen atoms in total. The fourth-order valence-electron chi connectivity index (χ4n) is 0.824. The summed E-state index contributed by atoms with van der Waals surface area (Å²) in [5, 5.41) is 6.40. The molecule has 0 radical (unpaired) electrons. The molecule has 4 N–H and O–H groups in total. The summed E-state index contributed by atoms with van der Waals surface area (Å²) in [5.41, 5.74) is 0. The number of amides is 2. The summed E-state index contributed by atoms with van der Waals surface area (Å²) in [7, 11) is -4.59. The van der Waals surface area contributed by atoms with E-state index in [1.807, 2.05) is 0 Å². The Morgan fingerprint density at radius 3 is 2.00 bits per heavy atom. The first-order chi connectivity index (χ1) is 5.34. The van der Waals surface area contributed by atoms with Crippen molar-refractivity contribution in [1.82, 2.24) is 5.06 Å². The van der Waals surface area contributed by atoms with E-state index in [0.717, 1.165) is 0 Å². The largest absolute Gasteiger partial charge is 0.412 e. The molecule has 1 fully saturated rings. The maximum absolute atomic E-state index is 10.7. The summed E-state index contributed by atoms with van der Waals surface area (Å²) in [4.78, 5) is 21.2. The van der Waals surface area contributed by atoms with Crippen molar-refractivity contribution in [2.45, 2.75) is 11.7 Å². The lowest BCUT2D eigenvalue weighted by atomic mass is 10.4. The molecular formula is C4H7NO7S. The molecule has 1 unspecified atom stereocenters. The molecule has 1 saturated heterocycles. The molecule has 2 amide bonds. The van der Waals surface area contributed by atoms with E-state index >= 15 is 0 Å². The molecule has 13 heavy (non-hydrogen) atoms. The highest BCUT2D eigenvalue weighted by Crippen LogP contribution is 2.16. The highest BCUT2D eigenvalue weighted by atomic mass is 32.2. The Kier molecular flexibility index (Phi) is 3.11. The minimum atomic E-state index is -4.59. The van der Waals surface area contributed by atoms with Crippen LogP contribution in [-0.2, 0) is 19.7 Å². The van der Waals surface area contributed by atoms with Gasteiger partial charge in [-0.15, -0.1) is 0 Å². The van der Waals surface area contributed by atoms with Gasteiger partial charge in [0, 0.05) is 0 Å². The van der Waals surface area contributed by atoms with Crippen molar-refractivity contribution in [2.75, 3.05) is 0 Å². The second-order valence-electron chi connectivity index (χ2n) is 2.25. The maximum atomic E-state index is 10.7. The summed E-state index contributed by atoms with van der Waals surface area (Å²) in [6.07, 6.45) is -0.714. The fraction of sp³-hybridized carbons (Fsp3) is 0.500. The highest BCUT2D eigenvalue weighted by molar-refractivity contribution is 7.87. The zero-order chi connectivity index (χ0) is 9.52. The van der Waals surface area contributed by atoms with Crippen LogP contribution < -0.4 is 0 Å². The summed E-state index contributed by atoms with van der Waals surface area (Å²) in [5.74, 6) is -2.36. The number of hydrogen-bond acceptors (Lipinski definition) is 5. The van der Waals surface area contributed by atoms with Crippen LogP contribution in [-0.4, -0.2) is 45.8 Å². The van der Waals surface area contributed by atoms with Crippen molar-refractivity contribution in [3.05, 3.63) is 0 Å². The van der Waals surface area contributed by atoms with Gasteiger partial charge in [0.15, 0.2) is 5.25 Å². The molecule has 0 saturated carbocycles. The van der Waals surface area contributed by atoms with Crippen molar-refractivity contribution in [3.8, 4) is 0 Å². The zero-order valence-corrected chi connectivity index (χ0v) is 6.98. The molecule has 1 heterocycles. The topological polar surface area (TPSA) is 143 Å². The molecule has 0 aliphatic carbocycles. The van der Waals surface area contributed by atoms with Gasteiger partial charge in [-0.1, -0.05) is 0 Å². The lowest BCUT2D eigenvalue weighted by Crippen LogP contribution is -2.32. The van der Waals surface area contributed by atoms with Crippen molar-refractivity contribution in [2.24, 2.45) is 0 Å². The third-order valence-corrected chi connectivity index (χ3v) is 2.53. The van der Waals surface area contributed by atoms with E-state index in [2.05, 4.69) is 0 Å². The van der Waals surface area contributed by atoms with Crippen LogP contribution in [0.25, 0.3) is 0 Å². The lowest BCUT2D eigenvalue weighted by Gasteiger charge is -2.02. The quantitative estimate of drug-likeness (QED) is 0.281. The van der Waals surface area contributed by atoms with Crippen LogP contribution in [0, 0.1) is 0 Å². The SMILES string of the molecule is O.O=C1CC(S(=O)(=O)O)C(=O)N1O. The van der Waals surface area contributed by atoms with E-state index in [0.29, 0.717) is 0 Å². The monoisotopic (exact) mass is 213 g/mol. The van der Waals surface area contributed by atoms with Gasteiger partial charge in [0.2, 0.25) is 0 Å². The molecule has 1 atom stereocenters. The van der Waals surface area contributed by atoms with Crippen LogP contribution in [0.3, 0.4) is 0 Å². The lowest BCUT2D eigenvalue weighted by molar-refractivity contribution is -0.171. The van der Waals surface area contributed by atoms with Gasteiger partial charge in [-0.25, -0.2) is 0 Å². The van der Waals surface area contributed by atoms with Gasteiger partial charge in [0.25, 0.3) is 21.9 Å². The normalized spacial score (nSPS) is 23.2. The molecule has 0 aromatic rings. The van der Waals surface area contributed by atoms with Crippen molar-refractivity contribution >= 4 is 21.9 Å². The number of carbonyl (C=O) groups excluding carboxylic acids is 2. The molecule has 0 bridgehead atoms. The second kappa shape index (κ2) is 3.38. The Morgan fingerprint density at radius 1 is 1.38 bits per heavy atom. The predicted molar refractivity (Wildman–Crippen MR) is 37.2 cm³/mol. The second-order valence-corrected chi connectivity index (χ2v) is 3.85. The fourth-order valence-corrected chi connectivity index (χ4v) is 1.53. The molecule has 0 spiro atoms. The van der Waals surface area contributed by atoms with E-state index in [1.54, 1.807) is 0 Å². The van der Waals surface area contributed by atoms with Gasteiger partial charge in [0.05, 0.1) is 6.42 Å². The first-order valence-electron chi connectivity index (χ1n) is 2.86. The van der Waals surface area contributed by atoms with E-state index in [1.165, 1.54) is 0 Å². The smallest absolute Gasteiger partial charge is 0.277 e. The Hall–Kier alpha value is -1.03. The van der Waals surface area contributed by atoms with Crippen LogP contribution in [0.4, 0.5) is 0 Å². The minimum absolute atomic E-state index is 0. The molecule has 1 aliphatic heterocycles. The van der Waals surface area contributed by atoms with Crippen LogP contribution in [0.5, 0.6) is 0 Å². The number of imide groups is 1. The number of hydroxylamine groups is 2. The van der Waals surface area contributed by atoms with E-state index < -0.39 is 33.6 Å². The van der Waals surface area contributed by atoms with Crippen molar-refractivity contribution < 1.29 is 33.2 Å². The molecule has 1 aliphatic rings. The standard InChI is InChI=1S/C4H5NO6S.H2O/c6-3-1-2(12(9,10)11)4(7)5(3)8;/h2,8H,1H2,(H,9,10,11);1H2. The number of hydrogen-bond donors (Lipinski definition) is 2. The molecule has 0 aromatic heterocycles. The summed E-state index contributed by atoms with van der Waals surface area (Å²) in [6, 6.07) is 0. The number of rotatable bonds is 1. The minimum Gasteiger partial charge on any atom is -0.412 e. The third kappa shape index (κ3) is 2.01. The van der Waals surface area contributed by atoms with Gasteiger partial charge in [0.1, 0.15) is 0 Å². The molecule has 76 valence electrons. The van der Waals surface area contributed by atoms with Gasteiger partial charge in [-0.05, 0) is 0 Å². The maximum Gasteiger partial charge on any atom is 0.277 e. The van der Waals surface area contributed by atoms with Crippen LogP contribution >= 0.6 is 0 Å². The zero-order valence-electron chi connectivity index (χ0n) is 6.17. The summed E-state index contributed by atoms with van der Waals surface area (Å²) in [6.45, 7) is 0. The molecular weight excluding hydrogens is 206 g/mol. The average molecular weight is 213 g/mol. The molecule has 9 heteroatoms. The first kappa shape index (κ1) is 12.0. The van der Waals surface area contributed by atoms with Crippen molar-refractivity contribution in [3.63, 3.8) is 0 Å². The average Bonchev–Trinajstić information content (AvgIpc) is 2.15. The van der Waals surface area contributed by atoms with E-state index in [-0.39, 0.29) is 10.5 Å². The van der Waals surface area contributed by atoms with Gasteiger partial charge in [-0.2, -0.15) is 13.5 Å². The van der Waals surface area contributed by atoms with Crippen LogP contribution in [0.2, 0.25) is 0 Å². The molecule has 1 rings (SSSR count). The van der Waals surface area contributed by atoms with Crippen molar-refractivity contribution in [1.29, 1.82) is 0 Å². The Bertz CT molecular complexity index is 332. The van der Waals surface area contributed by atoms with Gasteiger partial charge in [-0.3, -0.25) is 19.3 Å². The summed E-state index contributed by atoms with van der Waals surface area (Å²) < 4.78 is 29.1.